The Kier molecular flexibility index (Phi) is 4.17. The second-order valence-corrected chi connectivity index (χ2v) is 6.88. The summed E-state index contributed by atoms with van der Waals surface area (Å²) in [6.45, 7) is 1.79. The third-order valence-corrected chi connectivity index (χ3v) is 5.19. The third kappa shape index (κ3) is 2.65. The SMILES string of the molecule is CC[C@@]1(O)C(=O)OCC(C=O)=C1/C=C1/c2nc3ccc(O)cc3cc2CN1N. The average Bonchev–Trinajstić information content (AvgIpc) is 2.98. The highest BCUT2D eigenvalue weighted by Gasteiger charge is 2.44. The van der Waals surface area contributed by atoms with E-state index >= 15 is 0 Å². The molecule has 1 aromatic heterocycles. The Morgan fingerprint density at radius 1 is 1.39 bits per heavy atom. The lowest BCUT2D eigenvalue weighted by Crippen LogP contribution is -2.45. The number of aromatic hydroxyl groups is 1. The molecule has 0 spiro atoms. The molecule has 2 aliphatic heterocycles. The van der Waals surface area contributed by atoms with E-state index in [4.69, 9.17) is 10.6 Å². The van der Waals surface area contributed by atoms with Crippen molar-refractivity contribution in [3.63, 3.8) is 0 Å². The minimum absolute atomic E-state index is 0.0458. The molecule has 28 heavy (non-hydrogen) atoms. The summed E-state index contributed by atoms with van der Waals surface area (Å²) in [4.78, 5) is 28.3. The van der Waals surface area contributed by atoms with Gasteiger partial charge in [-0.25, -0.2) is 15.6 Å². The van der Waals surface area contributed by atoms with Crippen LogP contribution in [0.15, 0.2) is 41.5 Å². The number of benzene rings is 1. The largest absolute Gasteiger partial charge is 0.508 e. The Balaban J connectivity index is 1.91. The maximum Gasteiger partial charge on any atom is 0.343 e. The molecule has 0 unspecified atom stereocenters. The predicted octanol–water partition coefficient (Wildman–Crippen LogP) is 1.16. The van der Waals surface area contributed by atoms with E-state index in [-0.39, 0.29) is 29.9 Å². The smallest absolute Gasteiger partial charge is 0.343 e. The molecule has 0 bridgehead atoms. The van der Waals surface area contributed by atoms with Crippen LogP contribution >= 0.6 is 0 Å². The second kappa shape index (κ2) is 6.43. The minimum Gasteiger partial charge on any atom is -0.508 e. The number of ether oxygens (including phenoxy) is 1. The minimum atomic E-state index is -1.92. The second-order valence-electron chi connectivity index (χ2n) is 6.88. The van der Waals surface area contributed by atoms with Gasteiger partial charge >= 0.3 is 5.97 Å². The zero-order valence-corrected chi connectivity index (χ0v) is 15.2. The van der Waals surface area contributed by atoms with Gasteiger partial charge in [0.15, 0.2) is 5.60 Å². The van der Waals surface area contributed by atoms with Crippen molar-refractivity contribution in [2.45, 2.75) is 25.5 Å². The first-order valence-corrected chi connectivity index (χ1v) is 8.82. The topological polar surface area (TPSA) is 126 Å². The number of hydrogen-bond donors (Lipinski definition) is 3. The highest BCUT2D eigenvalue weighted by Crippen LogP contribution is 2.37. The van der Waals surface area contributed by atoms with E-state index in [0.29, 0.717) is 29.7 Å². The monoisotopic (exact) mass is 381 g/mol. The fraction of sp³-hybridized carbons (Fsp3) is 0.250. The van der Waals surface area contributed by atoms with Gasteiger partial charge in [-0.1, -0.05) is 6.92 Å². The third-order valence-electron chi connectivity index (χ3n) is 5.19. The molecular formula is C20H19N3O5. The van der Waals surface area contributed by atoms with Crippen molar-refractivity contribution in [2.75, 3.05) is 6.61 Å². The first kappa shape index (κ1) is 18.1. The van der Waals surface area contributed by atoms with Crippen molar-refractivity contribution >= 4 is 28.9 Å². The molecule has 1 atom stereocenters. The molecule has 8 nitrogen and oxygen atoms in total. The van der Waals surface area contributed by atoms with Crippen LogP contribution in [0.5, 0.6) is 5.75 Å². The summed E-state index contributed by atoms with van der Waals surface area (Å²) in [6, 6.07) is 6.73. The molecule has 4 N–H and O–H groups in total. The maximum absolute atomic E-state index is 12.2. The number of fused-ring (bicyclic) bond motifs is 2. The van der Waals surface area contributed by atoms with E-state index in [2.05, 4.69) is 4.98 Å². The number of carbonyl (C=O) groups excluding carboxylic acids is 2. The number of aliphatic hydroxyl groups is 1. The molecule has 144 valence electrons. The van der Waals surface area contributed by atoms with Gasteiger partial charge in [0.05, 0.1) is 23.5 Å². The van der Waals surface area contributed by atoms with Crippen LogP contribution in [0.4, 0.5) is 0 Å². The van der Waals surface area contributed by atoms with Gasteiger partial charge in [-0.15, -0.1) is 0 Å². The Bertz CT molecular complexity index is 1070. The van der Waals surface area contributed by atoms with Crippen LogP contribution in [-0.4, -0.2) is 44.7 Å². The summed E-state index contributed by atoms with van der Waals surface area (Å²) in [5.74, 6) is 5.50. The van der Waals surface area contributed by atoms with Crippen molar-refractivity contribution in [1.82, 2.24) is 9.99 Å². The van der Waals surface area contributed by atoms with Crippen molar-refractivity contribution in [3.8, 4) is 5.75 Å². The Morgan fingerprint density at radius 2 is 2.18 bits per heavy atom. The molecular weight excluding hydrogens is 362 g/mol. The van der Waals surface area contributed by atoms with Crippen molar-refractivity contribution < 1.29 is 24.5 Å². The molecule has 4 rings (SSSR count). The van der Waals surface area contributed by atoms with Crippen LogP contribution in [0.25, 0.3) is 16.6 Å². The molecule has 0 fully saturated rings. The summed E-state index contributed by atoms with van der Waals surface area (Å²) in [5.41, 5.74) is 1.01. The summed E-state index contributed by atoms with van der Waals surface area (Å²) in [7, 11) is 0. The van der Waals surface area contributed by atoms with Gasteiger partial charge in [-0.05, 0) is 36.8 Å². The summed E-state index contributed by atoms with van der Waals surface area (Å²) in [6.07, 6.45) is 2.16. The van der Waals surface area contributed by atoms with Gasteiger partial charge in [0, 0.05) is 22.1 Å². The number of hydrogen-bond acceptors (Lipinski definition) is 8. The van der Waals surface area contributed by atoms with Crippen LogP contribution < -0.4 is 5.84 Å². The van der Waals surface area contributed by atoms with Crippen LogP contribution in [-0.2, 0) is 20.9 Å². The van der Waals surface area contributed by atoms with E-state index in [1.165, 1.54) is 5.01 Å². The maximum atomic E-state index is 12.2. The summed E-state index contributed by atoms with van der Waals surface area (Å²) < 4.78 is 4.96. The number of phenolic OH excluding ortho intramolecular Hbond substituents is 1. The molecule has 0 amide bonds. The predicted molar refractivity (Wildman–Crippen MR) is 100 cm³/mol. The first-order chi connectivity index (χ1) is 13.4. The van der Waals surface area contributed by atoms with Crippen molar-refractivity contribution in [1.29, 1.82) is 0 Å². The molecule has 8 heteroatoms. The summed E-state index contributed by atoms with van der Waals surface area (Å²) >= 11 is 0. The number of rotatable bonds is 3. The van der Waals surface area contributed by atoms with Gasteiger partial charge in [-0.3, -0.25) is 4.79 Å². The molecule has 3 heterocycles. The van der Waals surface area contributed by atoms with Crippen LogP contribution in [0, 0.1) is 0 Å². The molecule has 1 aromatic carbocycles. The molecule has 0 aliphatic carbocycles. The number of pyridine rings is 1. The fourth-order valence-electron chi connectivity index (χ4n) is 3.60. The van der Waals surface area contributed by atoms with E-state index in [9.17, 15) is 19.8 Å². The molecule has 2 aliphatic rings. The van der Waals surface area contributed by atoms with Gasteiger partial charge in [0.1, 0.15) is 18.6 Å². The number of cyclic esters (lactones) is 1. The van der Waals surface area contributed by atoms with Crippen molar-refractivity contribution in [2.24, 2.45) is 5.84 Å². The van der Waals surface area contributed by atoms with E-state index in [1.54, 1.807) is 31.2 Å². The number of nitrogens with zero attached hydrogens (tertiary/aromatic N) is 2. The molecule has 0 saturated heterocycles. The number of nitrogens with two attached hydrogens (primary N) is 1. The number of carbonyl (C=O) groups is 2. The average molecular weight is 381 g/mol. The zero-order valence-electron chi connectivity index (χ0n) is 15.2. The van der Waals surface area contributed by atoms with E-state index in [1.807, 2.05) is 6.07 Å². The molecule has 2 aromatic rings. The number of phenols is 1. The lowest BCUT2D eigenvalue weighted by molar-refractivity contribution is -0.162. The number of esters is 1. The van der Waals surface area contributed by atoms with Crippen LogP contribution in [0.2, 0.25) is 0 Å². The van der Waals surface area contributed by atoms with E-state index < -0.39 is 11.6 Å². The summed E-state index contributed by atoms with van der Waals surface area (Å²) in [5, 5.41) is 22.8. The number of aromatic nitrogens is 1. The fourth-order valence-corrected chi connectivity index (χ4v) is 3.60. The Labute approximate surface area is 160 Å². The number of hydrazine groups is 1. The Hall–Kier alpha value is -3.23. The highest BCUT2D eigenvalue weighted by atomic mass is 16.6. The van der Waals surface area contributed by atoms with Gasteiger partial charge < -0.3 is 20.0 Å². The van der Waals surface area contributed by atoms with Crippen molar-refractivity contribution in [3.05, 3.63) is 52.7 Å². The lowest BCUT2D eigenvalue weighted by atomic mass is 9.85. The lowest BCUT2D eigenvalue weighted by Gasteiger charge is -2.32. The molecule has 0 saturated carbocycles. The zero-order chi connectivity index (χ0) is 20.1. The van der Waals surface area contributed by atoms with Gasteiger partial charge in [-0.2, -0.15) is 0 Å². The van der Waals surface area contributed by atoms with Crippen LogP contribution in [0.1, 0.15) is 24.6 Å². The quantitative estimate of drug-likeness (QED) is 0.411. The van der Waals surface area contributed by atoms with E-state index in [0.717, 1.165) is 10.9 Å². The Morgan fingerprint density at radius 3 is 2.89 bits per heavy atom. The van der Waals surface area contributed by atoms with Gasteiger partial charge in [0.2, 0.25) is 0 Å². The molecule has 0 radical (unpaired) electrons. The standard InChI is InChI=1S/C20H19N3O5/c1-2-20(27)15(13(9-24)10-28-19(20)26)7-17-18-12(8-23(17)21)5-11-6-14(25)3-4-16(11)22-18/h3-7,9,25,27H,2,8,10,21H2,1H3/b17-7-/t20-/m0/s1. The first-order valence-electron chi connectivity index (χ1n) is 8.82. The number of aldehydes is 1. The normalized spacial score (nSPS) is 23.3. The highest BCUT2D eigenvalue weighted by molar-refractivity contribution is 5.93. The van der Waals surface area contributed by atoms with Gasteiger partial charge in [0.25, 0.3) is 0 Å². The van der Waals surface area contributed by atoms with Crippen LogP contribution in [0.3, 0.4) is 0 Å².